The topological polar surface area (TPSA) is 129 Å². The molecule has 0 spiro atoms. The van der Waals surface area contributed by atoms with Crippen molar-refractivity contribution in [2.75, 3.05) is 39.1 Å². The monoisotopic (exact) mass is 404 g/mol. The fraction of sp³-hybridized carbons (Fsp3) is 0.286. The molecule has 2 N–H and O–H groups in total. The number of carbonyl (C=O) groups excluding carboxylic acids is 4. The number of thioether (sulfide) groups is 2. The summed E-state index contributed by atoms with van der Waals surface area (Å²) < 4.78 is 18.2. The van der Waals surface area contributed by atoms with Crippen molar-refractivity contribution in [3.05, 3.63) is 12.1 Å². The summed E-state index contributed by atoms with van der Waals surface area (Å²) in [7, 11) is 4.72. The number of anilines is 2. The van der Waals surface area contributed by atoms with E-state index in [1.165, 1.54) is 26.4 Å². The number of amides is 2. The molecule has 1 rings (SSSR count). The Morgan fingerprint density at radius 3 is 1.38 bits per heavy atom. The number of nitrogens with one attached hydrogen (secondary N) is 2. The van der Waals surface area contributed by atoms with Crippen LogP contribution in [0.25, 0.3) is 0 Å². The number of hydrogen-bond acceptors (Lipinski definition) is 10. The fourth-order valence-electron chi connectivity index (χ4n) is 1.51. The highest BCUT2D eigenvalue weighted by atomic mass is 32.2. The summed E-state index contributed by atoms with van der Waals surface area (Å²) in [4.78, 5) is 46.8. The smallest absolute Gasteiger partial charge is 0.411 e. The van der Waals surface area contributed by atoms with Crippen LogP contribution in [0.15, 0.2) is 21.9 Å². The maximum atomic E-state index is 11.6. The van der Waals surface area contributed by atoms with Crippen LogP contribution in [-0.4, -0.2) is 51.2 Å². The molecule has 142 valence electrons. The standard InChI is InChI=1S/C14H16N2O8S2/c1-21-11(17)15-7-5-8(16-12(18)22-2)10(26-14(20)24-4)6-9(7)25-13(19)23-3/h5-6H,1-4H3,(H,15,17)(H,16,18). The molecular formula is C14H16N2O8S2. The molecule has 0 fully saturated rings. The lowest BCUT2D eigenvalue weighted by atomic mass is 10.2. The number of methoxy groups -OCH3 is 4. The highest BCUT2D eigenvalue weighted by Crippen LogP contribution is 2.39. The normalized spacial score (nSPS) is 9.69. The molecule has 0 aliphatic carbocycles. The molecular weight excluding hydrogens is 388 g/mol. The largest absolute Gasteiger partial charge is 0.461 e. The molecule has 0 saturated carbocycles. The zero-order valence-electron chi connectivity index (χ0n) is 14.2. The first-order valence-electron chi connectivity index (χ1n) is 6.74. The Hall–Kier alpha value is -2.60. The van der Waals surface area contributed by atoms with Crippen molar-refractivity contribution in [2.24, 2.45) is 0 Å². The van der Waals surface area contributed by atoms with Gasteiger partial charge < -0.3 is 18.9 Å². The zero-order valence-corrected chi connectivity index (χ0v) is 15.9. The van der Waals surface area contributed by atoms with E-state index in [-0.39, 0.29) is 21.2 Å². The third-order valence-electron chi connectivity index (χ3n) is 2.65. The van der Waals surface area contributed by atoms with Crippen molar-refractivity contribution in [2.45, 2.75) is 9.79 Å². The van der Waals surface area contributed by atoms with Crippen molar-refractivity contribution in [3.63, 3.8) is 0 Å². The molecule has 2 amide bonds. The average Bonchev–Trinajstić information content (AvgIpc) is 2.63. The molecule has 0 aromatic heterocycles. The predicted molar refractivity (Wildman–Crippen MR) is 95.0 cm³/mol. The van der Waals surface area contributed by atoms with Crippen molar-refractivity contribution < 1.29 is 38.1 Å². The minimum atomic E-state index is -0.797. The van der Waals surface area contributed by atoms with Gasteiger partial charge in [-0.3, -0.25) is 10.6 Å². The SMILES string of the molecule is COC(=O)Nc1cc(NC(=O)OC)c(SC(=O)OC)cc1SC(=O)OC. The van der Waals surface area contributed by atoms with Crippen molar-refractivity contribution in [1.29, 1.82) is 0 Å². The summed E-state index contributed by atoms with van der Waals surface area (Å²) in [5.74, 6) is 0. The highest BCUT2D eigenvalue weighted by molar-refractivity contribution is 8.14. The second kappa shape index (κ2) is 10.4. The van der Waals surface area contributed by atoms with E-state index >= 15 is 0 Å². The molecule has 1 aromatic rings. The molecule has 0 saturated heterocycles. The Morgan fingerprint density at radius 2 is 1.08 bits per heavy atom. The summed E-state index contributed by atoms with van der Waals surface area (Å²) >= 11 is 1.33. The van der Waals surface area contributed by atoms with Gasteiger partial charge in [0.15, 0.2) is 0 Å². The summed E-state index contributed by atoms with van der Waals surface area (Å²) in [6.07, 6.45) is -1.59. The highest BCUT2D eigenvalue weighted by Gasteiger charge is 2.20. The molecule has 12 heteroatoms. The second-order valence-corrected chi connectivity index (χ2v) is 6.14. The molecule has 10 nitrogen and oxygen atoms in total. The minimum absolute atomic E-state index is 0.146. The van der Waals surface area contributed by atoms with Gasteiger partial charge >= 0.3 is 22.8 Å². The number of carbonyl (C=O) groups is 4. The third kappa shape index (κ3) is 6.37. The summed E-state index contributed by atoms with van der Waals surface area (Å²) in [6, 6.07) is 2.74. The quantitative estimate of drug-likeness (QED) is 0.434. The predicted octanol–water partition coefficient (Wildman–Crippen LogP) is 3.76. The maximum Gasteiger partial charge on any atom is 0.411 e. The summed E-state index contributed by atoms with van der Waals surface area (Å²) in [6.45, 7) is 0. The minimum Gasteiger partial charge on any atom is -0.461 e. The van der Waals surface area contributed by atoms with Gasteiger partial charge in [0.1, 0.15) is 0 Å². The third-order valence-corrected chi connectivity index (χ3v) is 4.43. The molecule has 26 heavy (non-hydrogen) atoms. The van der Waals surface area contributed by atoms with Gasteiger partial charge in [0, 0.05) is 9.79 Å². The van der Waals surface area contributed by atoms with Crippen LogP contribution in [0.2, 0.25) is 0 Å². The van der Waals surface area contributed by atoms with E-state index in [0.29, 0.717) is 23.5 Å². The Kier molecular flexibility index (Phi) is 8.58. The van der Waals surface area contributed by atoms with Gasteiger partial charge in [-0.25, -0.2) is 19.2 Å². The van der Waals surface area contributed by atoms with E-state index in [1.807, 2.05) is 0 Å². The number of rotatable bonds is 4. The van der Waals surface area contributed by atoms with Gasteiger partial charge in [-0.1, -0.05) is 0 Å². The van der Waals surface area contributed by atoms with Crippen LogP contribution in [0.5, 0.6) is 0 Å². The Labute approximate surface area is 157 Å². The zero-order chi connectivity index (χ0) is 19.7. The van der Waals surface area contributed by atoms with Gasteiger partial charge in [-0.2, -0.15) is 0 Å². The van der Waals surface area contributed by atoms with Gasteiger partial charge in [-0.05, 0) is 35.7 Å². The van der Waals surface area contributed by atoms with Crippen LogP contribution < -0.4 is 10.6 Å². The molecule has 0 bridgehead atoms. The summed E-state index contributed by atoms with van der Waals surface area (Å²) in [5.41, 5.74) is 0.292. The average molecular weight is 404 g/mol. The first kappa shape index (κ1) is 21.4. The Balaban J connectivity index is 3.41. The molecule has 0 aliphatic heterocycles. The van der Waals surface area contributed by atoms with Gasteiger partial charge in [0.25, 0.3) is 0 Å². The van der Waals surface area contributed by atoms with E-state index < -0.39 is 22.8 Å². The Bertz CT molecular complexity index is 596. The fourth-order valence-corrected chi connectivity index (χ4v) is 2.90. The van der Waals surface area contributed by atoms with Crippen LogP contribution in [0.4, 0.5) is 30.6 Å². The molecule has 1 aromatic carbocycles. The molecule has 0 radical (unpaired) electrons. The van der Waals surface area contributed by atoms with Crippen LogP contribution in [0, 0.1) is 0 Å². The first-order chi connectivity index (χ1) is 12.3. The van der Waals surface area contributed by atoms with Crippen molar-refractivity contribution in [3.8, 4) is 0 Å². The second-order valence-electron chi connectivity index (χ2n) is 4.19. The van der Waals surface area contributed by atoms with Gasteiger partial charge in [0.05, 0.1) is 39.8 Å². The van der Waals surface area contributed by atoms with E-state index in [1.54, 1.807) is 0 Å². The number of ether oxygens (including phenoxy) is 4. The lowest BCUT2D eigenvalue weighted by Gasteiger charge is -2.15. The molecule has 0 aliphatic rings. The van der Waals surface area contributed by atoms with E-state index in [0.717, 1.165) is 14.2 Å². The first-order valence-corrected chi connectivity index (χ1v) is 8.37. The number of benzene rings is 1. The maximum absolute atomic E-state index is 11.6. The lowest BCUT2D eigenvalue weighted by Crippen LogP contribution is -2.15. The van der Waals surface area contributed by atoms with Crippen molar-refractivity contribution in [1.82, 2.24) is 0 Å². The molecule has 0 heterocycles. The van der Waals surface area contributed by atoms with E-state index in [4.69, 9.17) is 0 Å². The van der Waals surface area contributed by atoms with E-state index in [2.05, 4.69) is 29.6 Å². The van der Waals surface area contributed by atoms with Gasteiger partial charge in [-0.15, -0.1) is 0 Å². The van der Waals surface area contributed by atoms with Gasteiger partial charge in [0.2, 0.25) is 0 Å². The number of hydrogen-bond donors (Lipinski definition) is 2. The Morgan fingerprint density at radius 1 is 0.692 bits per heavy atom. The van der Waals surface area contributed by atoms with Crippen LogP contribution in [0.1, 0.15) is 0 Å². The van der Waals surface area contributed by atoms with Crippen molar-refractivity contribution >= 4 is 57.7 Å². The van der Waals surface area contributed by atoms with Crippen LogP contribution in [0.3, 0.4) is 0 Å². The van der Waals surface area contributed by atoms with E-state index in [9.17, 15) is 19.2 Å². The van der Waals surface area contributed by atoms with Crippen LogP contribution in [-0.2, 0) is 18.9 Å². The lowest BCUT2D eigenvalue weighted by molar-refractivity contribution is 0.186. The molecule has 0 atom stereocenters. The summed E-state index contributed by atoms with van der Waals surface area (Å²) in [5, 5.41) is 3.51. The molecule has 0 unspecified atom stereocenters. The van der Waals surface area contributed by atoms with Crippen LogP contribution >= 0.6 is 23.5 Å².